The molecule has 3 rings (SSSR count). The van der Waals surface area contributed by atoms with Crippen molar-refractivity contribution in [3.8, 4) is 5.69 Å². The van der Waals surface area contributed by atoms with Crippen molar-refractivity contribution in [2.24, 2.45) is 0 Å². The zero-order valence-electron chi connectivity index (χ0n) is 9.38. The van der Waals surface area contributed by atoms with Gasteiger partial charge in [0.15, 0.2) is 5.82 Å². The molecule has 5 heteroatoms. The molecule has 0 spiro atoms. The molecule has 1 aromatic carbocycles. The highest BCUT2D eigenvalue weighted by Crippen LogP contribution is 2.33. The first-order valence-electron chi connectivity index (χ1n) is 5.89. The molecule has 1 aliphatic rings. The Morgan fingerprint density at radius 3 is 2.53 bits per heavy atom. The highest BCUT2D eigenvalue weighted by Gasteiger charge is 2.23. The standard InChI is InChI=1S/C12H13IN4/c13-10-5-7-11(8-6-10)17-12(14-15-16-17)9-3-1-2-4-9/h5-9H,1-4H2. The van der Waals surface area contributed by atoms with Crippen molar-refractivity contribution in [3.63, 3.8) is 0 Å². The Hall–Kier alpha value is -0.980. The Labute approximate surface area is 114 Å². The molecule has 1 fully saturated rings. The van der Waals surface area contributed by atoms with E-state index in [9.17, 15) is 0 Å². The molecule has 1 heterocycles. The quantitative estimate of drug-likeness (QED) is 0.790. The van der Waals surface area contributed by atoms with Gasteiger partial charge in [0, 0.05) is 9.49 Å². The number of halogens is 1. The van der Waals surface area contributed by atoms with Gasteiger partial charge in [-0.15, -0.1) is 5.10 Å². The largest absolute Gasteiger partial charge is 0.197 e. The molecule has 4 nitrogen and oxygen atoms in total. The summed E-state index contributed by atoms with van der Waals surface area (Å²) in [5.74, 6) is 1.55. The van der Waals surface area contributed by atoms with Gasteiger partial charge in [0.1, 0.15) is 0 Å². The lowest BCUT2D eigenvalue weighted by Crippen LogP contribution is -2.06. The molecule has 0 amide bonds. The van der Waals surface area contributed by atoms with Crippen LogP contribution < -0.4 is 0 Å². The summed E-state index contributed by atoms with van der Waals surface area (Å²) in [5, 5.41) is 12.1. The molecule has 88 valence electrons. The molecular formula is C12H13IN4. The van der Waals surface area contributed by atoms with Gasteiger partial charge in [-0.2, -0.15) is 4.68 Å². The van der Waals surface area contributed by atoms with Crippen LogP contribution in [0.5, 0.6) is 0 Å². The predicted molar refractivity (Wildman–Crippen MR) is 73.1 cm³/mol. The van der Waals surface area contributed by atoms with Crippen LogP contribution in [0.3, 0.4) is 0 Å². The van der Waals surface area contributed by atoms with Gasteiger partial charge in [0.25, 0.3) is 0 Å². The minimum Gasteiger partial charge on any atom is -0.197 e. The van der Waals surface area contributed by atoms with Gasteiger partial charge in [-0.25, -0.2) is 0 Å². The molecule has 0 N–H and O–H groups in total. The van der Waals surface area contributed by atoms with Crippen molar-refractivity contribution in [3.05, 3.63) is 33.7 Å². The van der Waals surface area contributed by atoms with Gasteiger partial charge in [-0.1, -0.05) is 12.8 Å². The van der Waals surface area contributed by atoms with Crippen LogP contribution in [-0.4, -0.2) is 20.2 Å². The third-order valence-corrected chi connectivity index (χ3v) is 4.00. The Kier molecular flexibility index (Phi) is 3.09. The highest BCUT2D eigenvalue weighted by atomic mass is 127. The molecule has 0 aliphatic heterocycles. The van der Waals surface area contributed by atoms with Crippen molar-refractivity contribution in [1.29, 1.82) is 0 Å². The van der Waals surface area contributed by atoms with E-state index in [-0.39, 0.29) is 0 Å². The minimum absolute atomic E-state index is 0.532. The summed E-state index contributed by atoms with van der Waals surface area (Å²) in [4.78, 5) is 0. The number of rotatable bonds is 2. The SMILES string of the molecule is Ic1ccc(-n2nnnc2C2CCCC2)cc1. The van der Waals surface area contributed by atoms with E-state index in [4.69, 9.17) is 0 Å². The van der Waals surface area contributed by atoms with Gasteiger partial charge in [-0.05, 0) is 70.1 Å². The smallest absolute Gasteiger partial charge is 0.159 e. The third kappa shape index (κ3) is 2.20. The van der Waals surface area contributed by atoms with E-state index < -0.39 is 0 Å². The summed E-state index contributed by atoms with van der Waals surface area (Å²) >= 11 is 2.30. The molecule has 1 aliphatic carbocycles. The topological polar surface area (TPSA) is 43.6 Å². The Balaban J connectivity index is 1.97. The average Bonchev–Trinajstić information content (AvgIpc) is 3.00. The lowest BCUT2D eigenvalue weighted by molar-refractivity contribution is 0.636. The zero-order valence-corrected chi connectivity index (χ0v) is 11.5. The van der Waals surface area contributed by atoms with E-state index in [1.54, 1.807) is 0 Å². The van der Waals surface area contributed by atoms with Crippen molar-refractivity contribution in [2.45, 2.75) is 31.6 Å². The number of hydrogen-bond donors (Lipinski definition) is 0. The van der Waals surface area contributed by atoms with Crippen LogP contribution in [0.4, 0.5) is 0 Å². The summed E-state index contributed by atoms with van der Waals surface area (Å²) in [6.07, 6.45) is 5.02. The molecule has 17 heavy (non-hydrogen) atoms. The maximum Gasteiger partial charge on any atom is 0.159 e. The molecule has 1 saturated carbocycles. The van der Waals surface area contributed by atoms with Crippen molar-refractivity contribution in [2.75, 3.05) is 0 Å². The molecule has 0 atom stereocenters. The van der Waals surface area contributed by atoms with Crippen LogP contribution >= 0.6 is 22.6 Å². The van der Waals surface area contributed by atoms with E-state index in [0.717, 1.165) is 11.5 Å². The second kappa shape index (κ2) is 4.72. The minimum atomic E-state index is 0.532. The lowest BCUT2D eigenvalue weighted by atomic mass is 10.1. The first kappa shape index (κ1) is 11.1. The summed E-state index contributed by atoms with van der Waals surface area (Å²) in [6, 6.07) is 8.29. The molecule has 0 radical (unpaired) electrons. The average molecular weight is 340 g/mol. The number of nitrogens with zero attached hydrogens (tertiary/aromatic N) is 4. The maximum atomic E-state index is 4.20. The summed E-state index contributed by atoms with van der Waals surface area (Å²) in [6.45, 7) is 0. The third-order valence-electron chi connectivity index (χ3n) is 3.29. The Bertz CT molecular complexity index is 499. The van der Waals surface area contributed by atoms with Crippen LogP contribution in [0.15, 0.2) is 24.3 Å². The fourth-order valence-electron chi connectivity index (χ4n) is 2.40. The normalized spacial score (nSPS) is 16.5. The van der Waals surface area contributed by atoms with Crippen LogP contribution in [-0.2, 0) is 0 Å². The fourth-order valence-corrected chi connectivity index (χ4v) is 2.76. The van der Waals surface area contributed by atoms with Gasteiger partial charge >= 0.3 is 0 Å². The van der Waals surface area contributed by atoms with Gasteiger partial charge in [0.2, 0.25) is 0 Å². The van der Waals surface area contributed by atoms with Crippen molar-refractivity contribution in [1.82, 2.24) is 20.2 Å². The van der Waals surface area contributed by atoms with E-state index in [0.29, 0.717) is 5.92 Å². The Morgan fingerprint density at radius 2 is 1.82 bits per heavy atom. The molecule has 1 aromatic heterocycles. The molecule has 2 aromatic rings. The van der Waals surface area contributed by atoms with E-state index in [2.05, 4.69) is 62.4 Å². The maximum absolute atomic E-state index is 4.20. The highest BCUT2D eigenvalue weighted by molar-refractivity contribution is 14.1. The van der Waals surface area contributed by atoms with Crippen LogP contribution in [0.1, 0.15) is 37.4 Å². The molecule has 0 bridgehead atoms. The summed E-state index contributed by atoms with van der Waals surface area (Å²) < 4.78 is 3.10. The second-order valence-electron chi connectivity index (χ2n) is 4.41. The van der Waals surface area contributed by atoms with Crippen LogP contribution in [0.25, 0.3) is 5.69 Å². The van der Waals surface area contributed by atoms with E-state index >= 15 is 0 Å². The van der Waals surface area contributed by atoms with Crippen molar-refractivity contribution < 1.29 is 0 Å². The number of hydrogen-bond acceptors (Lipinski definition) is 3. The predicted octanol–water partition coefficient (Wildman–Crippen LogP) is 2.92. The number of tetrazole rings is 1. The van der Waals surface area contributed by atoms with Crippen LogP contribution in [0, 0.1) is 3.57 Å². The van der Waals surface area contributed by atoms with Gasteiger partial charge in [-0.3, -0.25) is 0 Å². The first-order chi connectivity index (χ1) is 8.34. The zero-order chi connectivity index (χ0) is 11.7. The molecule has 0 unspecified atom stereocenters. The molecule has 0 saturated heterocycles. The van der Waals surface area contributed by atoms with Gasteiger partial charge < -0.3 is 0 Å². The van der Waals surface area contributed by atoms with Crippen LogP contribution in [0.2, 0.25) is 0 Å². The lowest BCUT2D eigenvalue weighted by Gasteiger charge is -2.09. The molecular weight excluding hydrogens is 327 g/mol. The first-order valence-corrected chi connectivity index (χ1v) is 6.97. The summed E-state index contributed by atoms with van der Waals surface area (Å²) in [7, 11) is 0. The number of aromatic nitrogens is 4. The second-order valence-corrected chi connectivity index (χ2v) is 5.65. The van der Waals surface area contributed by atoms with E-state index in [1.165, 1.54) is 29.3 Å². The van der Waals surface area contributed by atoms with Crippen molar-refractivity contribution >= 4 is 22.6 Å². The Morgan fingerprint density at radius 1 is 1.12 bits per heavy atom. The monoisotopic (exact) mass is 340 g/mol. The fraction of sp³-hybridized carbons (Fsp3) is 0.417. The number of benzene rings is 1. The van der Waals surface area contributed by atoms with E-state index in [1.807, 2.05) is 4.68 Å². The van der Waals surface area contributed by atoms with Gasteiger partial charge in [0.05, 0.1) is 5.69 Å². The summed E-state index contributed by atoms with van der Waals surface area (Å²) in [5.41, 5.74) is 1.05.